The van der Waals surface area contributed by atoms with E-state index in [1.165, 1.54) is 37.5 Å². The Bertz CT molecular complexity index is 1300. The number of benzene rings is 1. The Hall–Kier alpha value is -3.56. The molecule has 0 saturated carbocycles. The van der Waals surface area contributed by atoms with Crippen molar-refractivity contribution in [3.05, 3.63) is 59.6 Å². The molecule has 0 radical (unpaired) electrons. The van der Waals surface area contributed by atoms with Crippen LogP contribution in [-0.2, 0) is 22.6 Å². The van der Waals surface area contributed by atoms with E-state index < -0.39 is 38.8 Å². The third-order valence-electron chi connectivity index (χ3n) is 4.99. The Balaban J connectivity index is 2.01. The van der Waals surface area contributed by atoms with Gasteiger partial charge in [-0.05, 0) is 29.8 Å². The fraction of sp³-hybridized carbons (Fsp3) is 0.304. The van der Waals surface area contributed by atoms with Crippen molar-refractivity contribution in [1.82, 2.24) is 14.9 Å². The summed E-state index contributed by atoms with van der Waals surface area (Å²) in [6.45, 7) is 0.153. The fourth-order valence-electron chi connectivity index (χ4n) is 3.22. The zero-order valence-electron chi connectivity index (χ0n) is 18.8. The van der Waals surface area contributed by atoms with Crippen molar-refractivity contribution in [2.75, 3.05) is 20.0 Å². The second kappa shape index (κ2) is 10.4. The number of hydrogen-bond donors (Lipinski definition) is 1. The van der Waals surface area contributed by atoms with Gasteiger partial charge in [0.2, 0.25) is 15.0 Å². The quantitative estimate of drug-likeness (QED) is 0.428. The summed E-state index contributed by atoms with van der Waals surface area (Å²) in [5, 5.41) is 9.43. The van der Waals surface area contributed by atoms with E-state index in [2.05, 4.69) is 15.9 Å². The SMILES string of the molecule is C#CCCS(=O)(=O)c1nc(C2=CN(Cc3ccc(OC)c(OC)c3)C(O)C=C2)cc(C(F)(F)F)n1. The molecule has 8 nitrogen and oxygen atoms in total. The van der Waals surface area contributed by atoms with Crippen molar-refractivity contribution >= 4 is 15.4 Å². The highest BCUT2D eigenvalue weighted by Gasteiger charge is 2.35. The normalized spacial score (nSPS) is 16.0. The predicted molar refractivity (Wildman–Crippen MR) is 121 cm³/mol. The number of hydrogen-bond acceptors (Lipinski definition) is 8. The maximum atomic E-state index is 13.5. The highest BCUT2D eigenvalue weighted by Crippen LogP contribution is 2.32. The molecule has 1 unspecified atom stereocenters. The molecule has 0 fully saturated rings. The zero-order chi connectivity index (χ0) is 25.8. The number of alkyl halides is 3. The van der Waals surface area contributed by atoms with Gasteiger partial charge in [0, 0.05) is 24.7 Å². The maximum absolute atomic E-state index is 13.5. The zero-order valence-corrected chi connectivity index (χ0v) is 19.6. The topological polar surface area (TPSA) is 102 Å². The van der Waals surface area contributed by atoms with Gasteiger partial charge in [-0.2, -0.15) is 13.2 Å². The lowest BCUT2D eigenvalue weighted by molar-refractivity contribution is -0.141. The molecule has 1 aliphatic rings. The van der Waals surface area contributed by atoms with E-state index in [1.807, 2.05) is 0 Å². The third kappa shape index (κ3) is 6.12. The van der Waals surface area contributed by atoms with Gasteiger partial charge in [-0.25, -0.2) is 18.4 Å². The number of nitrogens with zero attached hydrogens (tertiary/aromatic N) is 3. The summed E-state index contributed by atoms with van der Waals surface area (Å²) in [6, 6.07) is 5.77. The predicted octanol–water partition coefficient (Wildman–Crippen LogP) is 3.04. The molecule has 12 heteroatoms. The number of aromatic nitrogens is 2. The molecule has 2 aromatic rings. The van der Waals surface area contributed by atoms with Gasteiger partial charge in [-0.1, -0.05) is 12.1 Å². The first-order valence-corrected chi connectivity index (χ1v) is 11.8. The van der Waals surface area contributed by atoms with Crippen LogP contribution in [0, 0.1) is 12.3 Å². The molecule has 2 heterocycles. The van der Waals surface area contributed by atoms with Crippen molar-refractivity contribution in [2.24, 2.45) is 0 Å². The Morgan fingerprint density at radius 1 is 1.17 bits per heavy atom. The highest BCUT2D eigenvalue weighted by molar-refractivity contribution is 7.91. The third-order valence-corrected chi connectivity index (χ3v) is 6.47. The molecular formula is C23H22F3N3O5S. The molecule has 1 aromatic carbocycles. The molecule has 0 spiro atoms. The molecule has 186 valence electrons. The molecule has 0 saturated heterocycles. The Labute approximate surface area is 200 Å². The van der Waals surface area contributed by atoms with Crippen LogP contribution in [0.3, 0.4) is 0 Å². The smallest absolute Gasteiger partial charge is 0.433 e. The van der Waals surface area contributed by atoms with Crippen molar-refractivity contribution < 1.29 is 36.2 Å². The number of sulfone groups is 1. The van der Waals surface area contributed by atoms with Crippen LogP contribution in [0.15, 0.2) is 47.8 Å². The van der Waals surface area contributed by atoms with E-state index in [-0.39, 0.29) is 24.2 Å². The number of halogens is 3. The summed E-state index contributed by atoms with van der Waals surface area (Å²) in [4.78, 5) is 8.55. The molecule has 0 bridgehead atoms. The number of terminal acetylenes is 1. The first kappa shape index (κ1) is 26.1. The standard InChI is InChI=1S/C23H22F3N3O5S/c1-4-5-10-35(31,32)22-27-17(12-20(28-22)23(24,25)26)16-7-9-21(30)29(14-16)13-15-6-8-18(33-2)19(11-15)34-3/h1,6-9,11-12,14,21,30H,5,10,13H2,2-3H3. The molecule has 35 heavy (non-hydrogen) atoms. The monoisotopic (exact) mass is 509 g/mol. The van der Waals surface area contributed by atoms with Gasteiger partial charge >= 0.3 is 6.18 Å². The fourth-order valence-corrected chi connectivity index (χ4v) is 4.26. The van der Waals surface area contributed by atoms with Crippen LogP contribution in [0.4, 0.5) is 13.2 Å². The number of allylic oxidation sites excluding steroid dienone is 2. The Morgan fingerprint density at radius 2 is 1.89 bits per heavy atom. The minimum atomic E-state index is -4.91. The molecule has 3 rings (SSSR count). The van der Waals surface area contributed by atoms with E-state index in [1.54, 1.807) is 18.2 Å². The van der Waals surface area contributed by atoms with Crippen LogP contribution in [0.25, 0.3) is 5.57 Å². The molecule has 0 amide bonds. The van der Waals surface area contributed by atoms with Gasteiger partial charge in [-0.3, -0.25) is 0 Å². The minimum absolute atomic E-state index is 0.150. The molecule has 1 aliphatic heterocycles. The largest absolute Gasteiger partial charge is 0.493 e. The number of aliphatic hydroxyl groups is 1. The van der Waals surface area contributed by atoms with Crippen molar-refractivity contribution in [3.8, 4) is 23.8 Å². The molecule has 1 N–H and O–H groups in total. The van der Waals surface area contributed by atoms with Gasteiger partial charge in [-0.15, -0.1) is 12.3 Å². The van der Waals surface area contributed by atoms with E-state index >= 15 is 0 Å². The Morgan fingerprint density at radius 3 is 2.51 bits per heavy atom. The van der Waals surface area contributed by atoms with Crippen LogP contribution in [-0.4, -0.2) is 54.6 Å². The molecule has 1 aromatic heterocycles. The lowest BCUT2D eigenvalue weighted by Crippen LogP contribution is -2.30. The average molecular weight is 510 g/mol. The van der Waals surface area contributed by atoms with Gasteiger partial charge in [0.05, 0.1) is 25.7 Å². The molecular weight excluding hydrogens is 487 g/mol. The molecule has 0 aliphatic carbocycles. The van der Waals surface area contributed by atoms with Crippen LogP contribution >= 0.6 is 0 Å². The van der Waals surface area contributed by atoms with E-state index in [0.29, 0.717) is 23.1 Å². The van der Waals surface area contributed by atoms with Gasteiger partial charge < -0.3 is 19.5 Å². The first-order chi connectivity index (χ1) is 16.5. The number of aliphatic hydroxyl groups excluding tert-OH is 1. The van der Waals surface area contributed by atoms with Crippen molar-refractivity contribution in [1.29, 1.82) is 0 Å². The average Bonchev–Trinajstić information content (AvgIpc) is 2.83. The molecule has 1 atom stereocenters. The maximum Gasteiger partial charge on any atom is 0.433 e. The summed E-state index contributed by atoms with van der Waals surface area (Å²) in [5.41, 5.74) is -0.818. The lowest BCUT2D eigenvalue weighted by atomic mass is 10.1. The first-order valence-electron chi connectivity index (χ1n) is 10.2. The van der Waals surface area contributed by atoms with E-state index in [0.717, 1.165) is 0 Å². The van der Waals surface area contributed by atoms with Crippen LogP contribution < -0.4 is 9.47 Å². The van der Waals surface area contributed by atoms with Crippen LogP contribution in [0.1, 0.15) is 23.4 Å². The van der Waals surface area contributed by atoms with Gasteiger partial charge in [0.15, 0.2) is 11.5 Å². The number of methoxy groups -OCH3 is 2. The second-order valence-corrected chi connectivity index (χ2v) is 9.41. The van der Waals surface area contributed by atoms with Crippen molar-refractivity contribution in [3.63, 3.8) is 0 Å². The van der Waals surface area contributed by atoms with E-state index in [9.17, 15) is 26.7 Å². The van der Waals surface area contributed by atoms with Gasteiger partial charge in [0.25, 0.3) is 0 Å². The summed E-state index contributed by atoms with van der Waals surface area (Å²) >= 11 is 0. The Kier molecular flexibility index (Phi) is 7.72. The van der Waals surface area contributed by atoms with Crippen LogP contribution in [0.2, 0.25) is 0 Å². The van der Waals surface area contributed by atoms with Crippen LogP contribution in [0.5, 0.6) is 11.5 Å². The second-order valence-electron chi connectivity index (χ2n) is 7.41. The minimum Gasteiger partial charge on any atom is -0.493 e. The van der Waals surface area contributed by atoms with Crippen molar-refractivity contribution in [2.45, 2.75) is 30.5 Å². The lowest BCUT2D eigenvalue weighted by Gasteiger charge is -2.28. The summed E-state index contributed by atoms with van der Waals surface area (Å²) < 4.78 is 75.9. The summed E-state index contributed by atoms with van der Waals surface area (Å²) in [5.74, 6) is 2.51. The summed E-state index contributed by atoms with van der Waals surface area (Å²) in [6.07, 6.45) is 2.98. The number of ether oxygens (including phenoxy) is 2. The number of rotatable bonds is 8. The van der Waals surface area contributed by atoms with Gasteiger partial charge in [0.1, 0.15) is 11.9 Å². The summed E-state index contributed by atoms with van der Waals surface area (Å²) in [7, 11) is -1.30. The van der Waals surface area contributed by atoms with E-state index in [4.69, 9.17) is 15.9 Å². The highest BCUT2D eigenvalue weighted by atomic mass is 32.2.